The van der Waals surface area contributed by atoms with Crippen molar-refractivity contribution in [1.82, 2.24) is 10.2 Å². The van der Waals surface area contributed by atoms with Gasteiger partial charge in [-0.15, -0.1) is 11.3 Å². The number of likely N-dealkylation sites (N-methyl/N-ethyl adjacent to an activating group) is 1. The summed E-state index contributed by atoms with van der Waals surface area (Å²) in [5.41, 5.74) is 6.65. The molecule has 0 saturated heterocycles. The van der Waals surface area contributed by atoms with E-state index in [0.717, 1.165) is 38.5 Å². The molecule has 1 heterocycles. The van der Waals surface area contributed by atoms with Gasteiger partial charge in [-0.3, -0.25) is 0 Å². The van der Waals surface area contributed by atoms with E-state index in [1.807, 2.05) is 25.5 Å². The van der Waals surface area contributed by atoms with Gasteiger partial charge in [0.25, 0.3) is 0 Å². The van der Waals surface area contributed by atoms with E-state index < -0.39 is 0 Å². The fraction of sp³-hybridized carbons (Fsp3) is 0.636. The van der Waals surface area contributed by atoms with Crippen molar-refractivity contribution in [3.8, 4) is 0 Å². The number of ether oxygens (including phenoxy) is 1. The van der Waals surface area contributed by atoms with Crippen LogP contribution in [0.2, 0.25) is 0 Å². The van der Waals surface area contributed by atoms with Crippen molar-refractivity contribution >= 4 is 17.0 Å². The number of rotatable bonds is 8. The molecule has 0 radical (unpaired) electrons. The molecule has 92 valence electrons. The van der Waals surface area contributed by atoms with Crippen molar-refractivity contribution in [2.45, 2.75) is 6.54 Å². The van der Waals surface area contributed by atoms with Gasteiger partial charge in [0.2, 0.25) is 0 Å². The molecule has 5 heteroatoms. The first-order valence-electron chi connectivity index (χ1n) is 5.45. The van der Waals surface area contributed by atoms with Gasteiger partial charge in [0.1, 0.15) is 0 Å². The third-order valence-corrected chi connectivity index (χ3v) is 3.11. The van der Waals surface area contributed by atoms with Gasteiger partial charge in [-0.05, 0) is 25.5 Å². The van der Waals surface area contributed by atoms with Gasteiger partial charge in [0.05, 0.1) is 13.2 Å². The monoisotopic (exact) mass is 243 g/mol. The lowest BCUT2D eigenvalue weighted by Gasteiger charge is -2.10. The first kappa shape index (κ1) is 13.4. The van der Waals surface area contributed by atoms with E-state index in [0.29, 0.717) is 0 Å². The minimum atomic E-state index is 0.749. The maximum Gasteiger partial charge on any atom is 0.0593 e. The summed E-state index contributed by atoms with van der Waals surface area (Å²) >= 11 is 1.69. The Kier molecular flexibility index (Phi) is 6.40. The van der Waals surface area contributed by atoms with E-state index in [1.165, 1.54) is 4.88 Å². The molecule has 0 saturated carbocycles. The Morgan fingerprint density at radius 2 is 2.25 bits per heavy atom. The van der Waals surface area contributed by atoms with Crippen molar-refractivity contribution in [3.63, 3.8) is 0 Å². The minimum absolute atomic E-state index is 0.749. The molecule has 1 aromatic rings. The molecule has 0 aliphatic heterocycles. The van der Waals surface area contributed by atoms with Crippen molar-refractivity contribution in [1.29, 1.82) is 0 Å². The summed E-state index contributed by atoms with van der Waals surface area (Å²) in [5.74, 6) is 0. The van der Waals surface area contributed by atoms with E-state index in [4.69, 9.17) is 10.5 Å². The topological polar surface area (TPSA) is 50.5 Å². The highest BCUT2D eigenvalue weighted by Gasteiger charge is 1.99. The molecule has 0 aliphatic carbocycles. The van der Waals surface area contributed by atoms with Gasteiger partial charge in [0.15, 0.2) is 0 Å². The molecule has 1 rings (SSSR count). The molecule has 3 N–H and O–H groups in total. The zero-order valence-electron chi connectivity index (χ0n) is 10.0. The van der Waals surface area contributed by atoms with E-state index in [-0.39, 0.29) is 0 Å². The predicted octanol–water partition coefficient (Wildman–Crippen LogP) is 0.998. The van der Waals surface area contributed by atoms with Crippen molar-refractivity contribution in [2.24, 2.45) is 0 Å². The molecule has 0 atom stereocenters. The van der Waals surface area contributed by atoms with Gasteiger partial charge >= 0.3 is 0 Å². The first-order valence-corrected chi connectivity index (χ1v) is 6.33. The molecule has 16 heavy (non-hydrogen) atoms. The zero-order chi connectivity index (χ0) is 11.8. The smallest absolute Gasteiger partial charge is 0.0593 e. The molecular formula is C11H21N3OS. The van der Waals surface area contributed by atoms with Gasteiger partial charge < -0.3 is 20.7 Å². The molecule has 0 unspecified atom stereocenters. The van der Waals surface area contributed by atoms with Gasteiger partial charge in [0, 0.05) is 30.2 Å². The molecule has 0 aromatic carbocycles. The van der Waals surface area contributed by atoms with Crippen LogP contribution >= 0.6 is 11.3 Å². The van der Waals surface area contributed by atoms with E-state index in [1.54, 1.807) is 11.3 Å². The molecule has 1 aromatic heterocycles. The SMILES string of the molecule is CN(C)CCOCCNCc1sccc1N. The number of nitrogens with one attached hydrogen (secondary N) is 1. The third kappa shape index (κ3) is 5.46. The fourth-order valence-electron chi connectivity index (χ4n) is 1.19. The maximum atomic E-state index is 5.77. The quantitative estimate of drug-likeness (QED) is 0.669. The second-order valence-corrected chi connectivity index (χ2v) is 4.89. The van der Waals surface area contributed by atoms with Crippen molar-refractivity contribution in [3.05, 3.63) is 16.3 Å². The summed E-state index contributed by atoms with van der Waals surface area (Å²) in [6.07, 6.45) is 0. The third-order valence-electron chi connectivity index (χ3n) is 2.17. The van der Waals surface area contributed by atoms with Gasteiger partial charge in [-0.2, -0.15) is 0 Å². The van der Waals surface area contributed by atoms with Crippen LogP contribution in [0.5, 0.6) is 0 Å². The van der Waals surface area contributed by atoms with Crippen LogP contribution in [0.15, 0.2) is 11.4 Å². The number of anilines is 1. The lowest BCUT2D eigenvalue weighted by atomic mass is 10.4. The second kappa shape index (κ2) is 7.62. The summed E-state index contributed by atoms with van der Waals surface area (Å²) in [5, 5.41) is 5.32. The summed E-state index contributed by atoms with van der Waals surface area (Å²) in [6.45, 7) is 4.21. The Labute approximate surface area is 101 Å². The number of hydrogen-bond acceptors (Lipinski definition) is 5. The van der Waals surface area contributed by atoms with E-state index in [2.05, 4.69) is 10.2 Å². The molecule has 0 fully saturated rings. The van der Waals surface area contributed by atoms with Crippen LogP contribution < -0.4 is 11.1 Å². The van der Waals surface area contributed by atoms with Gasteiger partial charge in [-0.25, -0.2) is 0 Å². The predicted molar refractivity (Wildman–Crippen MR) is 69.8 cm³/mol. The number of hydrogen-bond donors (Lipinski definition) is 2. The Bertz CT molecular complexity index is 289. The molecule has 4 nitrogen and oxygen atoms in total. The van der Waals surface area contributed by atoms with Crippen LogP contribution in [-0.4, -0.2) is 45.3 Å². The van der Waals surface area contributed by atoms with Crippen LogP contribution in [0.1, 0.15) is 4.88 Å². The average molecular weight is 243 g/mol. The second-order valence-electron chi connectivity index (χ2n) is 3.89. The molecule has 0 amide bonds. The summed E-state index contributed by atoms with van der Waals surface area (Å²) in [7, 11) is 4.09. The molecule has 0 aliphatic rings. The zero-order valence-corrected chi connectivity index (χ0v) is 10.8. The maximum absolute atomic E-state index is 5.77. The van der Waals surface area contributed by atoms with Crippen LogP contribution in [0.25, 0.3) is 0 Å². The van der Waals surface area contributed by atoms with Crippen LogP contribution in [0.4, 0.5) is 5.69 Å². The number of nitrogens with zero attached hydrogens (tertiary/aromatic N) is 1. The highest BCUT2D eigenvalue weighted by Crippen LogP contribution is 2.17. The van der Waals surface area contributed by atoms with Crippen molar-refractivity contribution < 1.29 is 4.74 Å². The number of nitrogen functional groups attached to an aromatic ring is 1. The van der Waals surface area contributed by atoms with Crippen molar-refractivity contribution in [2.75, 3.05) is 46.1 Å². The van der Waals surface area contributed by atoms with Crippen LogP contribution in [0, 0.1) is 0 Å². The largest absolute Gasteiger partial charge is 0.398 e. The highest BCUT2D eigenvalue weighted by atomic mass is 32.1. The minimum Gasteiger partial charge on any atom is -0.398 e. The van der Waals surface area contributed by atoms with E-state index >= 15 is 0 Å². The summed E-state index contributed by atoms with van der Waals surface area (Å²) in [4.78, 5) is 3.31. The standard InChI is InChI=1S/C11H21N3OS/c1-14(2)5-7-15-6-4-13-9-11-10(12)3-8-16-11/h3,8,13H,4-7,9,12H2,1-2H3. The summed E-state index contributed by atoms with van der Waals surface area (Å²) < 4.78 is 5.46. The van der Waals surface area contributed by atoms with Crippen LogP contribution in [0.3, 0.4) is 0 Å². The van der Waals surface area contributed by atoms with Gasteiger partial charge in [-0.1, -0.05) is 0 Å². The first-order chi connectivity index (χ1) is 7.70. The summed E-state index contributed by atoms with van der Waals surface area (Å²) in [6, 6.07) is 1.94. The Hall–Kier alpha value is -0.620. The fourth-order valence-corrected chi connectivity index (χ4v) is 1.96. The molecule has 0 spiro atoms. The normalized spacial score (nSPS) is 11.2. The van der Waals surface area contributed by atoms with E-state index in [9.17, 15) is 0 Å². The Morgan fingerprint density at radius 1 is 1.44 bits per heavy atom. The average Bonchev–Trinajstić information content (AvgIpc) is 2.62. The highest BCUT2D eigenvalue weighted by molar-refractivity contribution is 7.10. The molecule has 0 bridgehead atoms. The number of thiophene rings is 1. The lowest BCUT2D eigenvalue weighted by Crippen LogP contribution is -2.23. The number of nitrogens with two attached hydrogens (primary N) is 1. The lowest BCUT2D eigenvalue weighted by molar-refractivity contribution is 0.119. The Morgan fingerprint density at radius 3 is 2.88 bits per heavy atom. The molecular weight excluding hydrogens is 222 g/mol. The Balaban J connectivity index is 1.94. The van der Waals surface area contributed by atoms with Crippen LogP contribution in [-0.2, 0) is 11.3 Å².